The highest BCUT2D eigenvalue weighted by Gasteiger charge is 2.13. The molecule has 0 saturated carbocycles. The number of hydrogen-bond donors (Lipinski definition) is 4. The molecule has 0 aliphatic carbocycles. The van der Waals surface area contributed by atoms with Crippen LogP contribution >= 0.6 is 0 Å². The number of quaternary nitrogens is 1. The minimum atomic E-state index is -0.168. The second-order valence-corrected chi connectivity index (χ2v) is 5.47. The van der Waals surface area contributed by atoms with Crippen molar-refractivity contribution in [1.82, 2.24) is 5.32 Å². The molecular formula is C16H25N4O3+. The SMILES string of the molecule is CCCNC(=O)C[NH+](C)CC(=O)Nc1ccc(NC(C)=O)cc1. The number of nitrogens with one attached hydrogen (secondary N) is 4. The molecule has 0 spiro atoms. The summed E-state index contributed by atoms with van der Waals surface area (Å²) < 4.78 is 0. The largest absolute Gasteiger partial charge is 0.351 e. The van der Waals surface area contributed by atoms with Crippen LogP contribution in [0.15, 0.2) is 24.3 Å². The maximum atomic E-state index is 11.9. The summed E-state index contributed by atoms with van der Waals surface area (Å²) in [5, 5.41) is 8.20. The fourth-order valence-electron chi connectivity index (χ4n) is 1.98. The van der Waals surface area contributed by atoms with Crippen molar-refractivity contribution in [3.05, 3.63) is 24.3 Å². The highest BCUT2D eigenvalue weighted by Crippen LogP contribution is 2.13. The molecule has 1 atom stereocenters. The lowest BCUT2D eigenvalue weighted by Crippen LogP contribution is -3.11. The fraction of sp³-hybridized carbons (Fsp3) is 0.438. The zero-order chi connectivity index (χ0) is 17.2. The number of rotatable bonds is 8. The summed E-state index contributed by atoms with van der Waals surface area (Å²) in [7, 11) is 1.80. The first-order chi connectivity index (χ1) is 10.9. The van der Waals surface area contributed by atoms with E-state index in [1.165, 1.54) is 6.92 Å². The van der Waals surface area contributed by atoms with Crippen LogP contribution in [0.2, 0.25) is 0 Å². The van der Waals surface area contributed by atoms with Crippen LogP contribution in [0.5, 0.6) is 0 Å². The summed E-state index contributed by atoms with van der Waals surface area (Å²) in [6, 6.07) is 6.86. The minimum Gasteiger partial charge on any atom is -0.351 e. The third-order valence-corrected chi connectivity index (χ3v) is 2.99. The van der Waals surface area contributed by atoms with Gasteiger partial charge in [0.2, 0.25) is 5.91 Å². The first-order valence-corrected chi connectivity index (χ1v) is 7.66. The Balaban J connectivity index is 2.40. The smallest absolute Gasteiger partial charge is 0.279 e. The van der Waals surface area contributed by atoms with E-state index in [4.69, 9.17) is 0 Å². The van der Waals surface area contributed by atoms with Gasteiger partial charge in [0, 0.05) is 24.8 Å². The number of amides is 3. The molecule has 0 fully saturated rings. The molecule has 1 aromatic carbocycles. The molecule has 1 aromatic rings. The van der Waals surface area contributed by atoms with Crippen LogP contribution in [0.4, 0.5) is 11.4 Å². The van der Waals surface area contributed by atoms with Gasteiger partial charge in [0.05, 0.1) is 7.05 Å². The Morgan fingerprint density at radius 2 is 1.48 bits per heavy atom. The van der Waals surface area contributed by atoms with E-state index in [9.17, 15) is 14.4 Å². The molecule has 0 aliphatic rings. The standard InChI is InChI=1S/C16H24N4O3/c1-4-9-17-15(22)10-20(3)11-16(23)19-14-7-5-13(6-8-14)18-12(2)21/h5-8H,4,9-11H2,1-3H3,(H,17,22)(H,18,21)(H,19,23)/p+1. The van der Waals surface area contributed by atoms with Crippen molar-refractivity contribution in [3.63, 3.8) is 0 Å². The van der Waals surface area contributed by atoms with Gasteiger partial charge in [-0.05, 0) is 30.7 Å². The van der Waals surface area contributed by atoms with Crippen LogP contribution in [-0.2, 0) is 14.4 Å². The molecule has 1 unspecified atom stereocenters. The third kappa shape index (κ3) is 7.96. The number of carbonyl (C=O) groups excluding carboxylic acids is 3. The molecule has 1 rings (SSSR count). The lowest BCUT2D eigenvalue weighted by Gasteiger charge is -2.13. The molecule has 4 N–H and O–H groups in total. The third-order valence-electron chi connectivity index (χ3n) is 2.99. The molecule has 0 aromatic heterocycles. The second kappa shape index (κ2) is 9.58. The van der Waals surface area contributed by atoms with Crippen molar-refractivity contribution in [2.45, 2.75) is 20.3 Å². The second-order valence-electron chi connectivity index (χ2n) is 5.47. The molecule has 0 aliphatic heterocycles. The molecule has 3 amide bonds. The van der Waals surface area contributed by atoms with E-state index in [0.717, 1.165) is 11.3 Å². The van der Waals surface area contributed by atoms with Crippen molar-refractivity contribution in [1.29, 1.82) is 0 Å². The first kappa shape index (κ1) is 18.6. The van der Waals surface area contributed by atoms with Gasteiger partial charge in [0.25, 0.3) is 11.8 Å². The topological polar surface area (TPSA) is 91.7 Å². The lowest BCUT2D eigenvalue weighted by molar-refractivity contribution is -0.862. The number of hydrogen-bond acceptors (Lipinski definition) is 3. The van der Waals surface area contributed by atoms with Gasteiger partial charge >= 0.3 is 0 Å². The van der Waals surface area contributed by atoms with Crippen LogP contribution in [0.3, 0.4) is 0 Å². The molecule has 7 nitrogen and oxygen atoms in total. The molecule has 7 heteroatoms. The predicted octanol–water partition coefficient (Wildman–Crippen LogP) is -0.376. The van der Waals surface area contributed by atoms with Crippen molar-refractivity contribution in [2.24, 2.45) is 0 Å². The molecule has 0 heterocycles. The van der Waals surface area contributed by atoms with Crippen LogP contribution in [0.1, 0.15) is 20.3 Å². The summed E-state index contributed by atoms with van der Waals surface area (Å²) in [6.07, 6.45) is 0.889. The van der Waals surface area contributed by atoms with E-state index in [1.807, 2.05) is 6.92 Å². The average molecular weight is 321 g/mol. The molecule has 0 saturated heterocycles. The van der Waals surface area contributed by atoms with Crippen LogP contribution in [0, 0.1) is 0 Å². The maximum Gasteiger partial charge on any atom is 0.279 e. The fourth-order valence-corrected chi connectivity index (χ4v) is 1.98. The van der Waals surface area contributed by atoms with E-state index in [-0.39, 0.29) is 30.8 Å². The van der Waals surface area contributed by atoms with Gasteiger partial charge in [-0.25, -0.2) is 0 Å². The molecule has 0 bridgehead atoms. The van der Waals surface area contributed by atoms with Crippen molar-refractivity contribution in [3.8, 4) is 0 Å². The molecular weight excluding hydrogens is 296 g/mol. The normalized spacial score (nSPS) is 11.4. The lowest BCUT2D eigenvalue weighted by atomic mass is 10.2. The molecule has 23 heavy (non-hydrogen) atoms. The molecule has 126 valence electrons. The number of anilines is 2. The predicted molar refractivity (Wildman–Crippen MR) is 89.3 cm³/mol. The van der Waals surface area contributed by atoms with Crippen molar-refractivity contribution >= 4 is 29.1 Å². The summed E-state index contributed by atoms with van der Waals surface area (Å²) in [6.45, 7) is 4.54. The zero-order valence-electron chi connectivity index (χ0n) is 13.9. The van der Waals surface area contributed by atoms with Gasteiger partial charge in [-0.1, -0.05) is 6.92 Å². The number of carbonyl (C=O) groups is 3. The first-order valence-electron chi connectivity index (χ1n) is 7.66. The van der Waals surface area contributed by atoms with Gasteiger partial charge in [-0.3, -0.25) is 14.4 Å². The summed E-state index contributed by atoms with van der Waals surface area (Å²) in [5.74, 6) is -0.372. The Kier molecular flexibility index (Phi) is 7.76. The highest BCUT2D eigenvalue weighted by molar-refractivity contribution is 5.92. The summed E-state index contributed by atoms with van der Waals surface area (Å²) >= 11 is 0. The molecule has 0 radical (unpaired) electrons. The Morgan fingerprint density at radius 1 is 0.957 bits per heavy atom. The summed E-state index contributed by atoms with van der Waals surface area (Å²) in [5.41, 5.74) is 1.32. The quantitative estimate of drug-likeness (QED) is 0.526. The average Bonchev–Trinajstić information content (AvgIpc) is 2.46. The van der Waals surface area contributed by atoms with Gasteiger partial charge in [0.15, 0.2) is 13.1 Å². The highest BCUT2D eigenvalue weighted by atomic mass is 16.2. The van der Waals surface area contributed by atoms with Crippen LogP contribution in [0.25, 0.3) is 0 Å². The van der Waals surface area contributed by atoms with Crippen LogP contribution in [-0.4, -0.2) is 44.4 Å². The van der Waals surface area contributed by atoms with E-state index in [2.05, 4.69) is 16.0 Å². The Bertz CT molecular complexity index is 543. The van der Waals surface area contributed by atoms with Gasteiger partial charge in [-0.2, -0.15) is 0 Å². The van der Waals surface area contributed by atoms with E-state index >= 15 is 0 Å². The van der Waals surface area contributed by atoms with E-state index < -0.39 is 0 Å². The summed E-state index contributed by atoms with van der Waals surface area (Å²) in [4.78, 5) is 35.3. The monoisotopic (exact) mass is 321 g/mol. The van der Waals surface area contributed by atoms with E-state index in [0.29, 0.717) is 17.9 Å². The zero-order valence-corrected chi connectivity index (χ0v) is 13.9. The minimum absolute atomic E-state index is 0.0585. The Labute approximate surface area is 136 Å². The van der Waals surface area contributed by atoms with Gasteiger partial charge < -0.3 is 20.9 Å². The van der Waals surface area contributed by atoms with E-state index in [1.54, 1.807) is 31.3 Å². The number of likely N-dealkylation sites (N-methyl/N-ethyl adjacent to an activating group) is 1. The Hall–Kier alpha value is -2.41. The number of benzene rings is 1. The van der Waals surface area contributed by atoms with Crippen LogP contribution < -0.4 is 20.9 Å². The Morgan fingerprint density at radius 3 is 2.00 bits per heavy atom. The maximum absolute atomic E-state index is 11.9. The van der Waals surface area contributed by atoms with Crippen molar-refractivity contribution < 1.29 is 19.3 Å². The van der Waals surface area contributed by atoms with Crippen molar-refractivity contribution in [2.75, 3.05) is 37.3 Å². The van der Waals surface area contributed by atoms with Gasteiger partial charge in [0.1, 0.15) is 0 Å². The van der Waals surface area contributed by atoms with Gasteiger partial charge in [-0.15, -0.1) is 0 Å².